The molecule has 0 unspecified atom stereocenters. The lowest BCUT2D eigenvalue weighted by atomic mass is 9.79. The molecule has 3 rings (SSSR count). The van der Waals surface area contributed by atoms with Crippen LogP contribution in [0, 0.1) is 0 Å². The highest BCUT2D eigenvalue weighted by atomic mass is 16.4. The van der Waals surface area contributed by atoms with Crippen LogP contribution in [0.25, 0.3) is 0 Å². The van der Waals surface area contributed by atoms with E-state index < -0.39 is 11.4 Å². The molecule has 0 atom stereocenters. The van der Waals surface area contributed by atoms with Gasteiger partial charge in [-0.25, -0.2) is 0 Å². The van der Waals surface area contributed by atoms with Crippen molar-refractivity contribution in [2.75, 3.05) is 31.6 Å². The van der Waals surface area contributed by atoms with Crippen molar-refractivity contribution < 1.29 is 14.7 Å². The fourth-order valence-corrected chi connectivity index (χ4v) is 3.57. The number of carbonyl (C=O) groups excluding carboxylic acids is 1. The van der Waals surface area contributed by atoms with Gasteiger partial charge in [0.2, 0.25) is 5.91 Å². The molecule has 0 spiro atoms. The van der Waals surface area contributed by atoms with Crippen LogP contribution >= 0.6 is 0 Å². The third-order valence-corrected chi connectivity index (χ3v) is 5.11. The molecule has 1 N–H and O–H groups in total. The summed E-state index contributed by atoms with van der Waals surface area (Å²) in [6.45, 7) is 1.92. The molecule has 0 bridgehead atoms. The second kappa shape index (κ2) is 5.63. The number of carbonyl (C=O) groups is 2. The highest BCUT2D eigenvalue weighted by Gasteiger charge is 2.42. The molecule has 1 aromatic carbocycles. The molecular formula is C17H22N2O3. The first-order valence-electron chi connectivity index (χ1n) is 7.86. The van der Waals surface area contributed by atoms with Gasteiger partial charge in [0.05, 0.1) is 12.0 Å². The number of nitrogens with zero attached hydrogens (tertiary/aromatic N) is 2. The lowest BCUT2D eigenvalue weighted by Crippen LogP contribution is -2.48. The highest BCUT2D eigenvalue weighted by molar-refractivity contribution is 5.83. The van der Waals surface area contributed by atoms with Crippen LogP contribution in [0.4, 0.5) is 5.69 Å². The van der Waals surface area contributed by atoms with Gasteiger partial charge in [0.15, 0.2) is 0 Å². The molecule has 1 aliphatic heterocycles. The molecule has 2 aliphatic rings. The van der Waals surface area contributed by atoms with Gasteiger partial charge in [-0.3, -0.25) is 9.59 Å². The summed E-state index contributed by atoms with van der Waals surface area (Å²) in [5.41, 5.74) is 1.17. The van der Waals surface area contributed by atoms with Crippen molar-refractivity contribution >= 4 is 17.6 Å². The number of benzene rings is 1. The zero-order valence-electron chi connectivity index (χ0n) is 12.9. The molecule has 1 aliphatic carbocycles. The molecule has 5 heteroatoms. The number of aliphatic carboxylic acids is 1. The second-order valence-electron chi connectivity index (χ2n) is 6.38. The first kappa shape index (κ1) is 14.9. The van der Waals surface area contributed by atoms with E-state index in [2.05, 4.69) is 0 Å². The van der Waals surface area contributed by atoms with Crippen LogP contribution in [-0.4, -0.2) is 48.6 Å². The number of amides is 1. The van der Waals surface area contributed by atoms with E-state index >= 15 is 0 Å². The van der Waals surface area contributed by atoms with E-state index in [-0.39, 0.29) is 5.91 Å². The van der Waals surface area contributed by atoms with E-state index in [0.29, 0.717) is 19.4 Å². The average Bonchev–Trinajstić information content (AvgIpc) is 3.01. The molecule has 0 aromatic heterocycles. The summed E-state index contributed by atoms with van der Waals surface area (Å²) < 4.78 is 0. The fourth-order valence-electron chi connectivity index (χ4n) is 3.57. The minimum atomic E-state index is -0.715. The molecule has 1 saturated heterocycles. The van der Waals surface area contributed by atoms with E-state index in [1.54, 1.807) is 4.90 Å². The van der Waals surface area contributed by atoms with Crippen molar-refractivity contribution in [3.05, 3.63) is 29.8 Å². The molecule has 1 amide bonds. The smallest absolute Gasteiger partial charge is 0.314 e. The predicted molar refractivity (Wildman–Crippen MR) is 84.1 cm³/mol. The summed E-state index contributed by atoms with van der Waals surface area (Å²) in [5.74, 6) is -0.597. The summed E-state index contributed by atoms with van der Waals surface area (Å²) in [7, 11) is 1.82. The number of likely N-dealkylation sites (N-methyl/N-ethyl adjacent to an activating group) is 1. The van der Waals surface area contributed by atoms with Crippen molar-refractivity contribution in [3.63, 3.8) is 0 Å². The van der Waals surface area contributed by atoms with E-state index in [0.717, 1.165) is 37.2 Å². The van der Waals surface area contributed by atoms with Crippen LogP contribution in [0.2, 0.25) is 0 Å². The molecule has 22 heavy (non-hydrogen) atoms. The molecular weight excluding hydrogens is 280 g/mol. The number of carboxylic acids is 1. The van der Waals surface area contributed by atoms with Gasteiger partial charge in [-0.15, -0.1) is 0 Å². The standard InChI is InChI=1S/C17H22N2O3/c1-18-10-11-19(12-15(18)20)14-6-4-13(5-7-14)17(16(21)22)8-2-3-9-17/h4-7H,2-3,8-12H2,1H3,(H,21,22). The van der Waals surface area contributed by atoms with Crippen molar-refractivity contribution in [2.24, 2.45) is 0 Å². The Hall–Kier alpha value is -2.04. The van der Waals surface area contributed by atoms with Gasteiger partial charge >= 0.3 is 5.97 Å². The van der Waals surface area contributed by atoms with Gasteiger partial charge in [0.1, 0.15) is 0 Å². The Morgan fingerprint density at radius 1 is 1.14 bits per heavy atom. The SMILES string of the molecule is CN1CCN(c2ccc(C3(C(=O)O)CCCC3)cc2)CC1=O. The molecule has 1 aromatic rings. The lowest BCUT2D eigenvalue weighted by molar-refractivity contribution is -0.143. The van der Waals surface area contributed by atoms with Crippen LogP contribution in [-0.2, 0) is 15.0 Å². The zero-order chi connectivity index (χ0) is 15.7. The van der Waals surface area contributed by atoms with Crippen LogP contribution in [0.5, 0.6) is 0 Å². The molecule has 5 nitrogen and oxygen atoms in total. The van der Waals surface area contributed by atoms with Gasteiger partial charge in [-0.1, -0.05) is 25.0 Å². The Kier molecular flexibility index (Phi) is 3.81. The maximum absolute atomic E-state index is 11.8. The fraction of sp³-hybridized carbons (Fsp3) is 0.529. The predicted octanol–water partition coefficient (Wildman–Crippen LogP) is 1.86. The third-order valence-electron chi connectivity index (χ3n) is 5.11. The first-order valence-corrected chi connectivity index (χ1v) is 7.86. The number of carboxylic acid groups (broad SMARTS) is 1. The van der Waals surface area contributed by atoms with Gasteiger partial charge in [-0.2, -0.15) is 0 Å². The number of rotatable bonds is 3. The van der Waals surface area contributed by atoms with E-state index in [1.807, 2.05) is 36.2 Å². The number of hydrogen-bond acceptors (Lipinski definition) is 3. The summed E-state index contributed by atoms with van der Waals surface area (Å²) in [4.78, 5) is 27.3. The van der Waals surface area contributed by atoms with Crippen LogP contribution in [0.1, 0.15) is 31.2 Å². The van der Waals surface area contributed by atoms with Gasteiger partial charge in [-0.05, 0) is 30.5 Å². The monoisotopic (exact) mass is 302 g/mol. The van der Waals surface area contributed by atoms with Crippen molar-refractivity contribution in [2.45, 2.75) is 31.1 Å². The second-order valence-corrected chi connectivity index (χ2v) is 6.38. The van der Waals surface area contributed by atoms with Crippen LogP contribution in [0.3, 0.4) is 0 Å². The van der Waals surface area contributed by atoms with E-state index in [4.69, 9.17) is 0 Å². The topological polar surface area (TPSA) is 60.9 Å². The minimum Gasteiger partial charge on any atom is -0.481 e. The van der Waals surface area contributed by atoms with Crippen LogP contribution < -0.4 is 4.90 Å². The maximum atomic E-state index is 11.8. The Labute approximate surface area is 130 Å². The van der Waals surface area contributed by atoms with Crippen molar-refractivity contribution in [3.8, 4) is 0 Å². The summed E-state index contributed by atoms with van der Waals surface area (Å²) in [6.07, 6.45) is 3.38. The Morgan fingerprint density at radius 2 is 1.77 bits per heavy atom. The Morgan fingerprint density at radius 3 is 2.32 bits per heavy atom. The quantitative estimate of drug-likeness (QED) is 0.926. The third kappa shape index (κ3) is 2.45. The molecule has 2 fully saturated rings. The highest BCUT2D eigenvalue weighted by Crippen LogP contribution is 2.41. The van der Waals surface area contributed by atoms with Crippen molar-refractivity contribution in [1.82, 2.24) is 4.90 Å². The first-order chi connectivity index (χ1) is 10.5. The molecule has 1 heterocycles. The van der Waals surface area contributed by atoms with Crippen LogP contribution in [0.15, 0.2) is 24.3 Å². The summed E-state index contributed by atoms with van der Waals surface area (Å²) in [5, 5.41) is 9.64. The average molecular weight is 302 g/mol. The van der Waals surface area contributed by atoms with Crippen molar-refractivity contribution in [1.29, 1.82) is 0 Å². The Balaban J connectivity index is 1.81. The van der Waals surface area contributed by atoms with Gasteiger partial charge in [0, 0.05) is 25.8 Å². The molecule has 0 radical (unpaired) electrons. The number of hydrogen-bond donors (Lipinski definition) is 1. The van der Waals surface area contributed by atoms with Gasteiger partial charge < -0.3 is 14.9 Å². The largest absolute Gasteiger partial charge is 0.481 e. The molecule has 118 valence electrons. The number of piperazine rings is 1. The number of anilines is 1. The van der Waals surface area contributed by atoms with E-state index in [1.165, 1.54) is 0 Å². The summed E-state index contributed by atoms with van der Waals surface area (Å²) in [6, 6.07) is 7.77. The summed E-state index contributed by atoms with van der Waals surface area (Å²) >= 11 is 0. The zero-order valence-corrected chi connectivity index (χ0v) is 12.9. The normalized spacial score (nSPS) is 21.2. The van der Waals surface area contributed by atoms with E-state index in [9.17, 15) is 14.7 Å². The molecule has 1 saturated carbocycles. The maximum Gasteiger partial charge on any atom is 0.314 e. The lowest BCUT2D eigenvalue weighted by Gasteiger charge is -2.34. The Bertz CT molecular complexity index is 576. The van der Waals surface area contributed by atoms with Gasteiger partial charge in [0.25, 0.3) is 0 Å². The minimum absolute atomic E-state index is 0.119.